The Labute approximate surface area is 265 Å². The molecule has 5 N–H and O–H groups in total. The fourth-order valence-corrected chi connectivity index (χ4v) is 12.9. The number of ether oxygens (including phenoxy) is 2. The molecule has 0 amide bonds. The lowest BCUT2D eigenvalue weighted by Crippen LogP contribution is -2.68. The molecule has 0 aromatic carbocycles. The highest BCUT2D eigenvalue weighted by Gasteiger charge is 2.69. The Morgan fingerprint density at radius 2 is 1.55 bits per heavy atom. The maximum atomic E-state index is 12.3. The Morgan fingerprint density at radius 1 is 0.864 bits per heavy atom. The van der Waals surface area contributed by atoms with Gasteiger partial charge in [0.25, 0.3) is 0 Å². The lowest BCUT2D eigenvalue weighted by molar-refractivity contribution is -0.272. The van der Waals surface area contributed by atoms with Crippen molar-refractivity contribution in [2.45, 2.75) is 155 Å². The minimum atomic E-state index is -1.48. The van der Waals surface area contributed by atoms with Crippen LogP contribution in [0.4, 0.5) is 0 Å². The first-order valence-corrected chi connectivity index (χ1v) is 17.7. The van der Waals surface area contributed by atoms with Crippen molar-refractivity contribution in [3.63, 3.8) is 0 Å². The van der Waals surface area contributed by atoms with Crippen LogP contribution in [0.3, 0.4) is 0 Å². The van der Waals surface area contributed by atoms with E-state index in [1.807, 2.05) is 7.11 Å². The second-order valence-electron chi connectivity index (χ2n) is 18.3. The summed E-state index contributed by atoms with van der Waals surface area (Å²) in [5, 5.41) is 54.4. The van der Waals surface area contributed by atoms with Crippen LogP contribution in [0, 0.1) is 50.2 Å². The third-order valence-corrected chi connectivity index (χ3v) is 15.8. The molecule has 7 nitrogen and oxygen atoms in total. The van der Waals surface area contributed by atoms with Crippen LogP contribution in [-0.4, -0.2) is 82.0 Å². The molecule has 0 aromatic heterocycles. The number of hydrogen-bond donors (Lipinski definition) is 5. The summed E-state index contributed by atoms with van der Waals surface area (Å²) >= 11 is 0. The second-order valence-corrected chi connectivity index (χ2v) is 18.3. The maximum Gasteiger partial charge on any atom is 0.113 e. The molecule has 1 saturated heterocycles. The van der Waals surface area contributed by atoms with Gasteiger partial charge in [-0.2, -0.15) is 0 Å². The van der Waals surface area contributed by atoms with Crippen molar-refractivity contribution in [1.82, 2.24) is 0 Å². The van der Waals surface area contributed by atoms with Gasteiger partial charge in [-0.3, -0.25) is 0 Å². The van der Waals surface area contributed by atoms with Gasteiger partial charge >= 0.3 is 0 Å². The predicted octanol–water partition coefficient (Wildman–Crippen LogP) is 5.01. The van der Waals surface area contributed by atoms with Gasteiger partial charge in [-0.1, -0.05) is 60.1 Å². The van der Waals surface area contributed by atoms with Crippen LogP contribution >= 0.6 is 0 Å². The molecule has 44 heavy (non-hydrogen) atoms. The highest BCUT2D eigenvalue weighted by molar-refractivity contribution is 5.34. The van der Waals surface area contributed by atoms with Crippen molar-refractivity contribution >= 4 is 0 Å². The quantitative estimate of drug-likeness (QED) is 0.281. The zero-order chi connectivity index (χ0) is 32.3. The van der Waals surface area contributed by atoms with Crippen molar-refractivity contribution < 1.29 is 35.0 Å². The van der Waals surface area contributed by atoms with Crippen molar-refractivity contribution in [3.8, 4) is 0 Å². The minimum Gasteiger partial charge on any atom is -0.394 e. The summed E-state index contributed by atoms with van der Waals surface area (Å²) in [6.07, 6.45) is 5.81. The third kappa shape index (κ3) is 4.38. The zero-order valence-electron chi connectivity index (χ0n) is 28.7. The highest BCUT2D eigenvalue weighted by atomic mass is 16.6. The number of allylic oxidation sites excluding steroid dienone is 2. The molecule has 1 heterocycles. The van der Waals surface area contributed by atoms with Crippen LogP contribution < -0.4 is 0 Å². The van der Waals surface area contributed by atoms with E-state index in [1.54, 1.807) is 0 Å². The molecule has 252 valence electrons. The second kappa shape index (κ2) is 10.7. The minimum absolute atomic E-state index is 0.00281. The molecule has 5 aliphatic carbocycles. The molecule has 5 unspecified atom stereocenters. The summed E-state index contributed by atoms with van der Waals surface area (Å²) in [6, 6.07) is 0. The Hall–Kier alpha value is -0.540. The number of hydrogen-bond acceptors (Lipinski definition) is 7. The summed E-state index contributed by atoms with van der Waals surface area (Å²) in [5.74, 6) is 1.34. The first-order valence-electron chi connectivity index (χ1n) is 17.7. The molecule has 0 aromatic rings. The average Bonchev–Trinajstić information content (AvgIpc) is 2.95. The van der Waals surface area contributed by atoms with E-state index in [9.17, 15) is 25.5 Å². The van der Waals surface area contributed by atoms with Gasteiger partial charge in [0.15, 0.2) is 0 Å². The number of aliphatic hydroxyl groups excluding tert-OH is 5. The van der Waals surface area contributed by atoms with Gasteiger partial charge in [-0.15, -0.1) is 0 Å². The lowest BCUT2D eigenvalue weighted by atomic mass is 9.33. The molecule has 4 saturated carbocycles. The standard InChI is InChI=1S/C37H62O7/c1-32(2)15-17-37(31(42)30-29(41)28(40)27(39)23(20-38)44-30)18-16-35(6)21(22(37)19-32)9-10-25-34(5)13-12-26(43-8)33(3,4)24(34)11-14-36(25,35)7/h9,22-31,38-42H,10-20H2,1-8H3/t22?,23?,24?,25?,26-,27+,28-,29?,30-,31+,34-,35+,36+,37-/m0/s1. The van der Waals surface area contributed by atoms with E-state index >= 15 is 0 Å². The predicted molar refractivity (Wildman–Crippen MR) is 170 cm³/mol. The SMILES string of the molecule is CO[C@H]1CC[C@@]2(C)C(CC[C@]3(C)C2CC=C2C4CC(C)(C)CC[C@]4([C@H](O)[C@H]4OC(CO)[C@@H](O)[C@H](O)C4O)CC[C@]23C)C1(C)C. The first-order chi connectivity index (χ1) is 20.4. The molecule has 5 fully saturated rings. The van der Waals surface area contributed by atoms with Gasteiger partial charge in [0.1, 0.15) is 30.5 Å². The molecule has 1 aliphatic heterocycles. The number of methoxy groups -OCH3 is 1. The highest BCUT2D eigenvalue weighted by Crippen LogP contribution is 2.76. The van der Waals surface area contributed by atoms with Crippen molar-refractivity contribution in [2.75, 3.05) is 13.7 Å². The Balaban J connectivity index is 1.39. The smallest absolute Gasteiger partial charge is 0.113 e. The van der Waals surface area contributed by atoms with Gasteiger partial charge in [0, 0.05) is 12.5 Å². The average molecular weight is 619 g/mol. The summed E-state index contributed by atoms with van der Waals surface area (Å²) in [5.41, 5.74) is 1.64. The summed E-state index contributed by atoms with van der Waals surface area (Å²) in [6.45, 7) is 16.8. The van der Waals surface area contributed by atoms with E-state index in [0.717, 1.165) is 44.9 Å². The molecular weight excluding hydrogens is 556 g/mol. The van der Waals surface area contributed by atoms with Gasteiger partial charge < -0.3 is 35.0 Å². The molecule has 6 rings (SSSR count). The van der Waals surface area contributed by atoms with Gasteiger partial charge in [-0.05, 0) is 109 Å². The van der Waals surface area contributed by atoms with Crippen LogP contribution in [0.2, 0.25) is 0 Å². The van der Waals surface area contributed by atoms with Crippen molar-refractivity contribution in [2.24, 2.45) is 50.2 Å². The van der Waals surface area contributed by atoms with E-state index in [2.05, 4.69) is 54.5 Å². The molecule has 0 bridgehead atoms. The fourth-order valence-electron chi connectivity index (χ4n) is 12.9. The molecule has 7 heteroatoms. The lowest BCUT2D eigenvalue weighted by Gasteiger charge is -2.72. The van der Waals surface area contributed by atoms with E-state index in [1.165, 1.54) is 24.8 Å². The van der Waals surface area contributed by atoms with Crippen molar-refractivity contribution in [1.29, 1.82) is 0 Å². The van der Waals surface area contributed by atoms with Gasteiger partial charge in [0.05, 0.1) is 18.8 Å². The van der Waals surface area contributed by atoms with Crippen LogP contribution in [0.15, 0.2) is 11.6 Å². The molecule has 14 atom stereocenters. The van der Waals surface area contributed by atoms with E-state index in [-0.39, 0.29) is 33.0 Å². The zero-order valence-corrected chi connectivity index (χ0v) is 28.7. The fraction of sp³-hybridized carbons (Fsp3) is 0.946. The van der Waals surface area contributed by atoms with Crippen LogP contribution in [0.25, 0.3) is 0 Å². The number of aliphatic hydroxyl groups is 5. The van der Waals surface area contributed by atoms with Gasteiger partial charge in [0.2, 0.25) is 0 Å². The molecular formula is C37H62O7. The Morgan fingerprint density at radius 3 is 2.20 bits per heavy atom. The Kier molecular flexibility index (Phi) is 8.14. The summed E-state index contributed by atoms with van der Waals surface area (Å²) < 4.78 is 12.1. The first kappa shape index (κ1) is 33.4. The maximum absolute atomic E-state index is 12.3. The monoisotopic (exact) mass is 618 g/mol. The van der Waals surface area contributed by atoms with E-state index in [4.69, 9.17) is 9.47 Å². The van der Waals surface area contributed by atoms with Gasteiger partial charge in [-0.25, -0.2) is 0 Å². The van der Waals surface area contributed by atoms with Crippen LogP contribution in [0.5, 0.6) is 0 Å². The Bertz CT molecular complexity index is 1130. The van der Waals surface area contributed by atoms with E-state index < -0.39 is 48.6 Å². The van der Waals surface area contributed by atoms with E-state index in [0.29, 0.717) is 17.9 Å². The van der Waals surface area contributed by atoms with Crippen LogP contribution in [-0.2, 0) is 9.47 Å². The number of rotatable bonds is 4. The normalized spacial score (nSPS) is 53.8. The third-order valence-electron chi connectivity index (χ3n) is 15.8. The molecule has 0 radical (unpaired) electrons. The number of fused-ring (bicyclic) bond motifs is 7. The summed E-state index contributed by atoms with van der Waals surface area (Å²) in [4.78, 5) is 0. The largest absolute Gasteiger partial charge is 0.394 e. The van der Waals surface area contributed by atoms with Crippen molar-refractivity contribution in [3.05, 3.63) is 11.6 Å². The topological polar surface area (TPSA) is 120 Å². The van der Waals surface area contributed by atoms with Crippen LogP contribution in [0.1, 0.15) is 113 Å². The molecule has 0 spiro atoms. The summed E-state index contributed by atoms with van der Waals surface area (Å²) in [7, 11) is 1.89. The molecule has 6 aliphatic rings.